The van der Waals surface area contributed by atoms with E-state index in [-0.39, 0.29) is 6.54 Å². The summed E-state index contributed by atoms with van der Waals surface area (Å²) in [5, 5.41) is 6.27. The highest BCUT2D eigenvalue weighted by molar-refractivity contribution is 7.89. The molecule has 0 amide bonds. The summed E-state index contributed by atoms with van der Waals surface area (Å²) >= 11 is 0. The largest absolute Gasteiger partial charge is 0.273 e. The molecule has 3 rings (SSSR count). The van der Waals surface area contributed by atoms with Crippen molar-refractivity contribution in [3.63, 3.8) is 0 Å². The molecule has 0 saturated carbocycles. The summed E-state index contributed by atoms with van der Waals surface area (Å²) in [6, 6.07) is 14.8. The Hall–Kier alpha value is -2.18. The van der Waals surface area contributed by atoms with E-state index >= 15 is 0 Å². The fourth-order valence-corrected chi connectivity index (χ4v) is 3.66. The van der Waals surface area contributed by atoms with Crippen LogP contribution in [0.1, 0.15) is 12.6 Å². The Bertz CT molecular complexity index is 932. The van der Waals surface area contributed by atoms with Gasteiger partial charge in [-0.3, -0.25) is 4.68 Å². The summed E-state index contributed by atoms with van der Waals surface area (Å²) in [4.78, 5) is 0.300. The molecular formula is C17H19N3O2S. The number of sulfonamides is 1. The molecule has 0 aliphatic rings. The van der Waals surface area contributed by atoms with Crippen LogP contribution in [0.3, 0.4) is 0 Å². The maximum atomic E-state index is 12.7. The zero-order valence-corrected chi connectivity index (χ0v) is 14.0. The molecule has 2 aromatic carbocycles. The highest BCUT2D eigenvalue weighted by atomic mass is 32.2. The van der Waals surface area contributed by atoms with Gasteiger partial charge in [0.1, 0.15) is 0 Å². The average molecular weight is 329 g/mol. The van der Waals surface area contributed by atoms with Gasteiger partial charge in [-0.15, -0.1) is 0 Å². The molecule has 0 saturated heterocycles. The molecule has 0 atom stereocenters. The van der Waals surface area contributed by atoms with Crippen LogP contribution in [-0.4, -0.2) is 29.6 Å². The lowest BCUT2D eigenvalue weighted by molar-refractivity contribution is 0.458. The van der Waals surface area contributed by atoms with Gasteiger partial charge in [0, 0.05) is 19.8 Å². The third kappa shape index (κ3) is 3.13. The second-order valence-electron chi connectivity index (χ2n) is 5.43. The lowest BCUT2D eigenvalue weighted by atomic mass is 10.1. The number of fused-ring (bicyclic) bond motifs is 1. The quantitative estimate of drug-likeness (QED) is 0.723. The SMILES string of the molecule is CCn1ccc(CN(C)S(=O)(=O)c2ccc3ccccc3c2)n1. The van der Waals surface area contributed by atoms with Gasteiger partial charge in [-0.1, -0.05) is 30.3 Å². The molecule has 0 radical (unpaired) electrons. The second kappa shape index (κ2) is 6.14. The van der Waals surface area contributed by atoms with Crippen molar-refractivity contribution < 1.29 is 8.42 Å². The first-order valence-electron chi connectivity index (χ1n) is 7.48. The molecule has 3 aromatic rings. The third-order valence-electron chi connectivity index (χ3n) is 3.83. The average Bonchev–Trinajstić information content (AvgIpc) is 3.02. The number of hydrogen-bond donors (Lipinski definition) is 0. The van der Waals surface area contributed by atoms with Crippen molar-refractivity contribution in [3.8, 4) is 0 Å². The Kier molecular flexibility index (Phi) is 4.19. The zero-order chi connectivity index (χ0) is 16.4. The summed E-state index contributed by atoms with van der Waals surface area (Å²) in [5.74, 6) is 0. The molecular weight excluding hydrogens is 310 g/mol. The minimum absolute atomic E-state index is 0.252. The Labute approximate surface area is 136 Å². The molecule has 5 nitrogen and oxygen atoms in total. The smallest absolute Gasteiger partial charge is 0.243 e. The Morgan fingerprint density at radius 1 is 1.09 bits per heavy atom. The molecule has 0 aliphatic carbocycles. The van der Waals surface area contributed by atoms with Crippen molar-refractivity contribution in [1.29, 1.82) is 0 Å². The maximum Gasteiger partial charge on any atom is 0.243 e. The molecule has 23 heavy (non-hydrogen) atoms. The van der Waals surface area contributed by atoms with E-state index in [2.05, 4.69) is 5.10 Å². The maximum absolute atomic E-state index is 12.7. The van der Waals surface area contributed by atoms with Crippen LogP contribution in [0.4, 0.5) is 0 Å². The molecule has 0 aliphatic heterocycles. The zero-order valence-electron chi connectivity index (χ0n) is 13.2. The fourth-order valence-electron chi connectivity index (χ4n) is 2.49. The number of aromatic nitrogens is 2. The van der Waals surface area contributed by atoms with Crippen LogP contribution in [0.5, 0.6) is 0 Å². The monoisotopic (exact) mass is 329 g/mol. The Morgan fingerprint density at radius 2 is 1.83 bits per heavy atom. The standard InChI is InChI=1S/C17H19N3O2S/c1-3-20-11-10-16(18-20)13-19(2)23(21,22)17-9-8-14-6-4-5-7-15(14)12-17/h4-12H,3,13H2,1-2H3. The van der Waals surface area contributed by atoms with Crippen LogP contribution < -0.4 is 0 Å². The van der Waals surface area contributed by atoms with Crippen molar-refractivity contribution in [2.75, 3.05) is 7.05 Å². The molecule has 120 valence electrons. The van der Waals surface area contributed by atoms with Crippen LogP contribution in [0.25, 0.3) is 10.8 Å². The molecule has 0 spiro atoms. The van der Waals surface area contributed by atoms with Crippen molar-refractivity contribution in [2.45, 2.75) is 24.9 Å². The summed E-state index contributed by atoms with van der Waals surface area (Å²) in [5.41, 5.74) is 0.735. The lowest BCUT2D eigenvalue weighted by Gasteiger charge is -2.16. The topological polar surface area (TPSA) is 55.2 Å². The number of benzene rings is 2. The minimum atomic E-state index is -3.54. The normalized spacial score (nSPS) is 12.1. The van der Waals surface area contributed by atoms with Crippen LogP contribution in [0.2, 0.25) is 0 Å². The fraction of sp³-hybridized carbons (Fsp3) is 0.235. The Balaban J connectivity index is 1.89. The van der Waals surface area contributed by atoms with Crippen LogP contribution in [-0.2, 0) is 23.1 Å². The van der Waals surface area contributed by atoms with E-state index in [0.29, 0.717) is 4.90 Å². The molecule has 6 heteroatoms. The predicted octanol–water partition coefficient (Wildman–Crippen LogP) is 2.88. The third-order valence-corrected chi connectivity index (χ3v) is 5.63. The summed E-state index contributed by atoms with van der Waals surface area (Å²) in [6.45, 7) is 3.01. The summed E-state index contributed by atoms with van der Waals surface area (Å²) in [7, 11) is -1.96. The first-order valence-corrected chi connectivity index (χ1v) is 8.92. The first-order chi connectivity index (χ1) is 11.0. The van der Waals surface area contributed by atoms with Gasteiger partial charge < -0.3 is 0 Å². The van der Waals surface area contributed by atoms with E-state index in [4.69, 9.17) is 0 Å². The van der Waals surface area contributed by atoms with Crippen molar-refractivity contribution in [2.24, 2.45) is 0 Å². The summed E-state index contributed by atoms with van der Waals surface area (Å²) in [6.07, 6.45) is 1.85. The van der Waals surface area contributed by atoms with E-state index in [9.17, 15) is 8.42 Å². The van der Waals surface area contributed by atoms with Gasteiger partial charge in [-0.2, -0.15) is 9.40 Å². The van der Waals surface area contributed by atoms with Gasteiger partial charge >= 0.3 is 0 Å². The van der Waals surface area contributed by atoms with Crippen LogP contribution >= 0.6 is 0 Å². The lowest BCUT2D eigenvalue weighted by Crippen LogP contribution is -2.26. The molecule has 0 unspecified atom stereocenters. The highest BCUT2D eigenvalue weighted by Crippen LogP contribution is 2.22. The first kappa shape index (κ1) is 15.7. The van der Waals surface area contributed by atoms with E-state index in [1.165, 1.54) is 4.31 Å². The Morgan fingerprint density at radius 3 is 2.52 bits per heavy atom. The van der Waals surface area contributed by atoms with E-state index in [0.717, 1.165) is 23.0 Å². The number of rotatable bonds is 5. The number of hydrogen-bond acceptors (Lipinski definition) is 3. The molecule has 1 heterocycles. The second-order valence-corrected chi connectivity index (χ2v) is 7.48. The van der Waals surface area contributed by atoms with Gasteiger partial charge in [-0.25, -0.2) is 8.42 Å². The van der Waals surface area contributed by atoms with E-state index in [1.807, 2.05) is 49.5 Å². The van der Waals surface area contributed by atoms with Crippen molar-refractivity contribution >= 4 is 20.8 Å². The van der Waals surface area contributed by atoms with Gasteiger partial charge in [0.15, 0.2) is 0 Å². The van der Waals surface area contributed by atoms with E-state index in [1.54, 1.807) is 23.9 Å². The predicted molar refractivity (Wildman–Crippen MR) is 90.5 cm³/mol. The molecule has 0 fully saturated rings. The molecule has 1 aromatic heterocycles. The van der Waals surface area contributed by atoms with Gasteiger partial charge in [0.25, 0.3) is 0 Å². The molecule has 0 bridgehead atoms. The summed E-state index contributed by atoms with van der Waals surface area (Å²) < 4.78 is 28.6. The highest BCUT2D eigenvalue weighted by Gasteiger charge is 2.21. The van der Waals surface area contributed by atoms with Gasteiger partial charge in [0.2, 0.25) is 10.0 Å². The number of aryl methyl sites for hydroxylation is 1. The van der Waals surface area contributed by atoms with Crippen molar-refractivity contribution in [3.05, 3.63) is 60.4 Å². The minimum Gasteiger partial charge on any atom is -0.273 e. The van der Waals surface area contributed by atoms with E-state index < -0.39 is 10.0 Å². The number of nitrogens with zero attached hydrogens (tertiary/aromatic N) is 3. The van der Waals surface area contributed by atoms with Gasteiger partial charge in [0.05, 0.1) is 17.1 Å². The van der Waals surface area contributed by atoms with Crippen LogP contribution in [0, 0.1) is 0 Å². The van der Waals surface area contributed by atoms with Crippen LogP contribution in [0.15, 0.2) is 59.6 Å². The van der Waals surface area contributed by atoms with Gasteiger partial charge in [-0.05, 0) is 35.9 Å². The van der Waals surface area contributed by atoms with Crippen molar-refractivity contribution in [1.82, 2.24) is 14.1 Å². The molecule has 0 N–H and O–H groups in total.